The first-order valence-corrected chi connectivity index (χ1v) is 6.72. The fourth-order valence-electron chi connectivity index (χ4n) is 1.78. The summed E-state index contributed by atoms with van der Waals surface area (Å²) in [6, 6.07) is 7.66. The van der Waals surface area contributed by atoms with Crippen LogP contribution >= 0.6 is 0 Å². The summed E-state index contributed by atoms with van der Waals surface area (Å²) < 4.78 is 16.0. The molecule has 0 atom stereocenters. The van der Waals surface area contributed by atoms with Gasteiger partial charge in [0.25, 0.3) is 0 Å². The molecular formula is C15H20N2O3. The van der Waals surface area contributed by atoms with Crippen LogP contribution in [-0.2, 0) is 17.9 Å². The third-order valence-electron chi connectivity index (χ3n) is 2.68. The van der Waals surface area contributed by atoms with Gasteiger partial charge in [0.1, 0.15) is 12.0 Å². The number of methoxy groups -OCH3 is 1. The molecule has 1 heterocycles. The van der Waals surface area contributed by atoms with Crippen molar-refractivity contribution in [3.8, 4) is 11.8 Å². The molecule has 0 spiro atoms. The van der Waals surface area contributed by atoms with Crippen LogP contribution in [0.5, 0.6) is 11.8 Å². The smallest absolute Gasteiger partial charge is 0.399 e. The number of aromatic nitrogens is 1. The largest absolute Gasteiger partial charge is 0.417 e. The van der Waals surface area contributed by atoms with Crippen molar-refractivity contribution < 1.29 is 13.9 Å². The Balaban J connectivity index is 1.94. The zero-order chi connectivity index (χ0) is 14.2. The molecule has 5 nitrogen and oxygen atoms in total. The molecule has 5 heteroatoms. The maximum Gasteiger partial charge on any atom is 0.399 e. The van der Waals surface area contributed by atoms with E-state index >= 15 is 0 Å². The topological polar surface area (TPSA) is 56.5 Å². The van der Waals surface area contributed by atoms with Crippen LogP contribution < -0.4 is 10.1 Å². The van der Waals surface area contributed by atoms with Crippen molar-refractivity contribution in [3.63, 3.8) is 0 Å². The second kappa shape index (κ2) is 7.67. The van der Waals surface area contributed by atoms with Crippen LogP contribution in [-0.4, -0.2) is 18.6 Å². The zero-order valence-corrected chi connectivity index (χ0v) is 11.9. The SMILES string of the molecule is CCCNCc1coc(Oc2cccc(COC)c2)n1. The van der Waals surface area contributed by atoms with Crippen molar-refractivity contribution in [2.24, 2.45) is 0 Å². The summed E-state index contributed by atoms with van der Waals surface area (Å²) in [4.78, 5) is 4.27. The van der Waals surface area contributed by atoms with Crippen molar-refractivity contribution in [1.82, 2.24) is 10.3 Å². The van der Waals surface area contributed by atoms with Crippen molar-refractivity contribution in [3.05, 3.63) is 41.8 Å². The number of benzene rings is 1. The Morgan fingerprint density at radius 1 is 1.35 bits per heavy atom. The number of ether oxygens (including phenoxy) is 2. The van der Waals surface area contributed by atoms with Gasteiger partial charge < -0.3 is 19.2 Å². The number of nitrogens with one attached hydrogen (secondary N) is 1. The van der Waals surface area contributed by atoms with Crippen LogP contribution in [0.2, 0.25) is 0 Å². The van der Waals surface area contributed by atoms with Crippen LogP contribution in [0.3, 0.4) is 0 Å². The number of nitrogens with zero attached hydrogens (tertiary/aromatic N) is 1. The van der Waals surface area contributed by atoms with Gasteiger partial charge in [0.2, 0.25) is 0 Å². The van der Waals surface area contributed by atoms with Crippen molar-refractivity contribution in [2.75, 3.05) is 13.7 Å². The monoisotopic (exact) mass is 276 g/mol. The lowest BCUT2D eigenvalue weighted by molar-refractivity contribution is 0.184. The molecule has 0 amide bonds. The predicted octanol–water partition coefficient (Wildman–Crippen LogP) is 3.11. The zero-order valence-electron chi connectivity index (χ0n) is 11.9. The number of hydrogen-bond acceptors (Lipinski definition) is 5. The van der Waals surface area contributed by atoms with Gasteiger partial charge in [0.15, 0.2) is 0 Å². The molecule has 0 saturated heterocycles. The Labute approximate surface area is 118 Å². The number of rotatable bonds is 8. The summed E-state index contributed by atoms with van der Waals surface area (Å²) in [6.45, 7) is 4.32. The van der Waals surface area contributed by atoms with Crippen molar-refractivity contribution in [1.29, 1.82) is 0 Å². The van der Waals surface area contributed by atoms with Crippen molar-refractivity contribution >= 4 is 0 Å². The third-order valence-corrected chi connectivity index (χ3v) is 2.68. The summed E-state index contributed by atoms with van der Waals surface area (Å²) in [5.41, 5.74) is 1.88. The Bertz CT molecular complexity index is 525. The van der Waals surface area contributed by atoms with E-state index in [-0.39, 0.29) is 6.08 Å². The van der Waals surface area contributed by atoms with Crippen LogP contribution in [0.15, 0.2) is 34.9 Å². The lowest BCUT2D eigenvalue weighted by Gasteiger charge is -2.03. The lowest BCUT2D eigenvalue weighted by Crippen LogP contribution is -2.13. The first kappa shape index (κ1) is 14.6. The predicted molar refractivity (Wildman–Crippen MR) is 75.7 cm³/mol. The van der Waals surface area contributed by atoms with Gasteiger partial charge in [-0.15, -0.1) is 0 Å². The molecule has 0 aliphatic heterocycles. The van der Waals surface area contributed by atoms with Crippen LogP contribution in [0, 0.1) is 0 Å². The van der Waals surface area contributed by atoms with Gasteiger partial charge in [-0.2, -0.15) is 4.98 Å². The van der Waals surface area contributed by atoms with Gasteiger partial charge in [-0.25, -0.2) is 0 Å². The molecule has 2 rings (SSSR count). The molecule has 2 aromatic rings. The second-order valence-electron chi connectivity index (χ2n) is 4.46. The fourth-order valence-corrected chi connectivity index (χ4v) is 1.78. The van der Waals surface area contributed by atoms with E-state index < -0.39 is 0 Å². The fraction of sp³-hybridized carbons (Fsp3) is 0.400. The molecule has 20 heavy (non-hydrogen) atoms. The molecule has 0 aliphatic carbocycles. The average molecular weight is 276 g/mol. The van der Waals surface area contributed by atoms with E-state index in [9.17, 15) is 0 Å². The van der Waals surface area contributed by atoms with Crippen LogP contribution in [0.4, 0.5) is 0 Å². The highest BCUT2D eigenvalue weighted by Crippen LogP contribution is 2.21. The van der Waals surface area contributed by atoms with E-state index in [1.54, 1.807) is 13.4 Å². The first-order chi connectivity index (χ1) is 9.81. The van der Waals surface area contributed by atoms with E-state index in [4.69, 9.17) is 13.9 Å². The first-order valence-electron chi connectivity index (χ1n) is 6.72. The van der Waals surface area contributed by atoms with Gasteiger partial charge in [-0.3, -0.25) is 0 Å². The van der Waals surface area contributed by atoms with E-state index in [0.29, 0.717) is 18.9 Å². The van der Waals surface area contributed by atoms with Crippen LogP contribution in [0.1, 0.15) is 24.6 Å². The minimum Gasteiger partial charge on any atom is -0.417 e. The summed E-state index contributed by atoms with van der Waals surface area (Å²) >= 11 is 0. The average Bonchev–Trinajstić information content (AvgIpc) is 2.87. The van der Waals surface area contributed by atoms with Gasteiger partial charge in [0, 0.05) is 13.7 Å². The Morgan fingerprint density at radius 2 is 2.25 bits per heavy atom. The molecule has 0 aliphatic rings. The molecule has 0 fully saturated rings. The lowest BCUT2D eigenvalue weighted by atomic mass is 10.2. The Hall–Kier alpha value is -1.85. The highest BCUT2D eigenvalue weighted by Gasteiger charge is 2.06. The number of oxazole rings is 1. The molecule has 0 unspecified atom stereocenters. The minimum absolute atomic E-state index is 0.257. The molecule has 0 radical (unpaired) electrons. The molecule has 108 valence electrons. The maximum atomic E-state index is 5.59. The maximum absolute atomic E-state index is 5.59. The normalized spacial score (nSPS) is 10.7. The molecule has 1 aromatic heterocycles. The minimum atomic E-state index is 0.257. The van der Waals surface area contributed by atoms with E-state index in [2.05, 4.69) is 17.2 Å². The summed E-state index contributed by atoms with van der Waals surface area (Å²) in [6.07, 6.45) is 2.96. The van der Waals surface area contributed by atoms with Crippen LogP contribution in [0.25, 0.3) is 0 Å². The van der Waals surface area contributed by atoms with Gasteiger partial charge in [0.05, 0.1) is 12.3 Å². The quantitative estimate of drug-likeness (QED) is 0.751. The Kier molecular flexibility index (Phi) is 5.58. The van der Waals surface area contributed by atoms with Gasteiger partial charge in [-0.05, 0) is 30.7 Å². The third kappa shape index (κ3) is 4.36. The van der Waals surface area contributed by atoms with E-state index in [1.807, 2.05) is 24.3 Å². The Morgan fingerprint density at radius 3 is 3.05 bits per heavy atom. The molecular weight excluding hydrogens is 256 g/mol. The summed E-state index contributed by atoms with van der Waals surface area (Å²) in [5.74, 6) is 0.689. The van der Waals surface area contributed by atoms with Gasteiger partial charge in [-0.1, -0.05) is 19.1 Å². The standard InChI is InChI=1S/C15H20N2O3/c1-3-7-16-9-13-11-19-15(17-13)20-14-6-4-5-12(8-14)10-18-2/h4-6,8,11,16H,3,7,9-10H2,1-2H3. The molecule has 1 N–H and O–H groups in total. The summed E-state index contributed by atoms with van der Waals surface area (Å²) in [5, 5.41) is 3.26. The van der Waals surface area contributed by atoms with Gasteiger partial charge >= 0.3 is 6.08 Å². The molecule has 1 aromatic carbocycles. The molecule has 0 saturated carbocycles. The highest BCUT2D eigenvalue weighted by molar-refractivity contribution is 5.29. The number of hydrogen-bond donors (Lipinski definition) is 1. The highest BCUT2D eigenvalue weighted by atomic mass is 16.6. The van der Waals surface area contributed by atoms with E-state index in [1.165, 1.54) is 0 Å². The molecule has 0 bridgehead atoms. The second-order valence-corrected chi connectivity index (χ2v) is 4.46. The van der Waals surface area contributed by atoms with E-state index in [0.717, 1.165) is 24.2 Å². The van der Waals surface area contributed by atoms with Crippen molar-refractivity contribution in [2.45, 2.75) is 26.5 Å². The summed E-state index contributed by atoms with van der Waals surface area (Å²) in [7, 11) is 1.66.